The van der Waals surface area contributed by atoms with Gasteiger partial charge in [0.25, 0.3) is 5.91 Å². The summed E-state index contributed by atoms with van der Waals surface area (Å²) in [5.74, 6) is -0.432. The Kier molecular flexibility index (Phi) is 4.51. The van der Waals surface area contributed by atoms with Crippen molar-refractivity contribution in [2.45, 2.75) is 13.3 Å². The summed E-state index contributed by atoms with van der Waals surface area (Å²) in [5.41, 5.74) is 1.69. The van der Waals surface area contributed by atoms with E-state index in [1.165, 1.54) is 7.05 Å². The number of amides is 2. The maximum absolute atomic E-state index is 11.6. The van der Waals surface area contributed by atoms with E-state index in [0.29, 0.717) is 5.56 Å². The molecule has 0 aromatic heterocycles. The van der Waals surface area contributed by atoms with E-state index in [9.17, 15) is 9.59 Å². The molecule has 2 amide bonds. The Balaban J connectivity index is 2.62. The van der Waals surface area contributed by atoms with E-state index in [-0.39, 0.29) is 18.4 Å². The zero-order valence-electron chi connectivity index (χ0n) is 9.54. The highest BCUT2D eigenvalue weighted by Gasteiger charge is 2.06. The first-order valence-electron chi connectivity index (χ1n) is 5.25. The van der Waals surface area contributed by atoms with Crippen molar-refractivity contribution in [3.63, 3.8) is 0 Å². The van der Waals surface area contributed by atoms with Crippen molar-refractivity contribution in [2.24, 2.45) is 0 Å². The Hall–Kier alpha value is -1.84. The van der Waals surface area contributed by atoms with Crippen molar-refractivity contribution in [3.8, 4) is 0 Å². The average molecular weight is 220 g/mol. The second-order valence-corrected chi connectivity index (χ2v) is 3.41. The summed E-state index contributed by atoms with van der Waals surface area (Å²) < 4.78 is 0. The summed E-state index contributed by atoms with van der Waals surface area (Å²) in [6.45, 7) is 2.03. The van der Waals surface area contributed by atoms with Gasteiger partial charge in [-0.25, -0.2) is 0 Å². The number of hydrogen-bond donors (Lipinski definition) is 2. The molecule has 1 aromatic carbocycles. The molecule has 0 aliphatic heterocycles. The van der Waals surface area contributed by atoms with Crippen LogP contribution in [0.1, 0.15) is 22.8 Å². The zero-order chi connectivity index (χ0) is 12.0. The molecule has 16 heavy (non-hydrogen) atoms. The van der Waals surface area contributed by atoms with Crippen LogP contribution in [0.3, 0.4) is 0 Å². The molecule has 0 spiro atoms. The van der Waals surface area contributed by atoms with Gasteiger partial charge in [-0.2, -0.15) is 0 Å². The molecule has 4 nitrogen and oxygen atoms in total. The number of nitrogens with one attached hydrogen (secondary N) is 2. The first-order chi connectivity index (χ1) is 7.67. The van der Waals surface area contributed by atoms with Crippen LogP contribution >= 0.6 is 0 Å². The molecule has 0 saturated carbocycles. The number of carbonyl (C=O) groups is 2. The van der Waals surface area contributed by atoms with Crippen molar-refractivity contribution >= 4 is 11.8 Å². The van der Waals surface area contributed by atoms with Crippen molar-refractivity contribution in [2.75, 3.05) is 13.6 Å². The lowest BCUT2D eigenvalue weighted by Crippen LogP contribution is -2.35. The normalized spacial score (nSPS) is 9.62. The third kappa shape index (κ3) is 3.38. The van der Waals surface area contributed by atoms with Gasteiger partial charge in [0.1, 0.15) is 0 Å². The van der Waals surface area contributed by atoms with Crippen molar-refractivity contribution < 1.29 is 9.59 Å². The average Bonchev–Trinajstić information content (AvgIpc) is 2.35. The van der Waals surface area contributed by atoms with E-state index in [4.69, 9.17) is 0 Å². The van der Waals surface area contributed by atoms with E-state index in [1.807, 2.05) is 25.1 Å². The molecule has 0 fully saturated rings. The minimum atomic E-state index is -0.223. The van der Waals surface area contributed by atoms with E-state index in [1.54, 1.807) is 6.07 Å². The Morgan fingerprint density at radius 3 is 2.69 bits per heavy atom. The zero-order valence-corrected chi connectivity index (χ0v) is 9.54. The van der Waals surface area contributed by atoms with Crippen LogP contribution in [0, 0.1) is 0 Å². The third-order valence-electron chi connectivity index (χ3n) is 2.29. The van der Waals surface area contributed by atoms with Gasteiger partial charge in [-0.1, -0.05) is 19.1 Å². The van der Waals surface area contributed by atoms with Gasteiger partial charge in [0.05, 0.1) is 6.54 Å². The van der Waals surface area contributed by atoms with Crippen LogP contribution in [0.4, 0.5) is 0 Å². The standard InChI is InChI=1S/C12H16N2O2/c1-3-9-5-4-6-10(7-9)12(16)14-8-11(15)13-2/h4-7H,3,8H2,1-2H3,(H,13,15)(H,14,16). The lowest BCUT2D eigenvalue weighted by molar-refractivity contribution is -0.119. The highest BCUT2D eigenvalue weighted by Crippen LogP contribution is 2.05. The predicted octanol–water partition coefficient (Wildman–Crippen LogP) is 0.725. The Morgan fingerprint density at radius 2 is 2.06 bits per heavy atom. The lowest BCUT2D eigenvalue weighted by atomic mass is 10.1. The van der Waals surface area contributed by atoms with Gasteiger partial charge in [0, 0.05) is 12.6 Å². The summed E-state index contributed by atoms with van der Waals surface area (Å²) in [6, 6.07) is 7.38. The number of benzene rings is 1. The number of hydrogen-bond acceptors (Lipinski definition) is 2. The van der Waals surface area contributed by atoms with Gasteiger partial charge in [-0.15, -0.1) is 0 Å². The summed E-state index contributed by atoms with van der Waals surface area (Å²) in [7, 11) is 1.53. The molecule has 0 bridgehead atoms. The molecule has 0 atom stereocenters. The quantitative estimate of drug-likeness (QED) is 0.785. The molecule has 0 saturated heterocycles. The van der Waals surface area contributed by atoms with E-state index in [0.717, 1.165) is 12.0 Å². The maximum atomic E-state index is 11.6. The molecular formula is C12H16N2O2. The number of likely N-dealkylation sites (N-methyl/N-ethyl adjacent to an activating group) is 1. The van der Waals surface area contributed by atoms with E-state index >= 15 is 0 Å². The molecule has 0 radical (unpaired) electrons. The summed E-state index contributed by atoms with van der Waals surface area (Å²) >= 11 is 0. The highest BCUT2D eigenvalue weighted by molar-refractivity contribution is 5.96. The number of rotatable bonds is 4. The van der Waals surface area contributed by atoms with Crippen LogP contribution in [0.25, 0.3) is 0 Å². The summed E-state index contributed by atoms with van der Waals surface area (Å²) in [5, 5.41) is 4.99. The Morgan fingerprint density at radius 1 is 1.31 bits per heavy atom. The Bertz CT molecular complexity index is 388. The molecule has 0 unspecified atom stereocenters. The predicted molar refractivity (Wildman–Crippen MR) is 62.2 cm³/mol. The second kappa shape index (κ2) is 5.90. The maximum Gasteiger partial charge on any atom is 0.251 e. The summed E-state index contributed by atoms with van der Waals surface area (Å²) in [6.07, 6.45) is 0.885. The molecule has 1 rings (SSSR count). The second-order valence-electron chi connectivity index (χ2n) is 3.41. The fourth-order valence-electron chi connectivity index (χ4n) is 1.28. The SMILES string of the molecule is CCc1cccc(C(=O)NCC(=O)NC)c1. The summed E-state index contributed by atoms with van der Waals surface area (Å²) in [4.78, 5) is 22.6. The molecule has 86 valence electrons. The van der Waals surface area contributed by atoms with Crippen molar-refractivity contribution in [3.05, 3.63) is 35.4 Å². The van der Waals surface area contributed by atoms with Crippen molar-refractivity contribution in [1.29, 1.82) is 0 Å². The van der Waals surface area contributed by atoms with E-state index < -0.39 is 0 Å². The lowest BCUT2D eigenvalue weighted by Gasteiger charge is -2.05. The van der Waals surface area contributed by atoms with Gasteiger partial charge < -0.3 is 10.6 Å². The minimum Gasteiger partial charge on any atom is -0.358 e. The molecule has 4 heteroatoms. The Labute approximate surface area is 95.0 Å². The van der Waals surface area contributed by atoms with E-state index in [2.05, 4.69) is 10.6 Å². The van der Waals surface area contributed by atoms with Gasteiger partial charge in [-0.3, -0.25) is 9.59 Å². The van der Waals surface area contributed by atoms with Crippen LogP contribution in [-0.2, 0) is 11.2 Å². The highest BCUT2D eigenvalue weighted by atomic mass is 16.2. The first kappa shape index (κ1) is 12.2. The molecule has 0 heterocycles. The van der Waals surface area contributed by atoms with Crippen LogP contribution in [0.15, 0.2) is 24.3 Å². The number of carbonyl (C=O) groups excluding carboxylic acids is 2. The van der Waals surface area contributed by atoms with Gasteiger partial charge >= 0.3 is 0 Å². The largest absolute Gasteiger partial charge is 0.358 e. The molecule has 0 aliphatic carbocycles. The van der Waals surface area contributed by atoms with Gasteiger partial charge in [-0.05, 0) is 24.1 Å². The van der Waals surface area contributed by atoms with Crippen molar-refractivity contribution in [1.82, 2.24) is 10.6 Å². The molecule has 2 N–H and O–H groups in total. The van der Waals surface area contributed by atoms with Crippen LogP contribution in [0.2, 0.25) is 0 Å². The molecule has 0 aliphatic rings. The minimum absolute atomic E-state index is 0.00564. The van der Waals surface area contributed by atoms with Crippen LogP contribution in [0.5, 0.6) is 0 Å². The third-order valence-corrected chi connectivity index (χ3v) is 2.29. The van der Waals surface area contributed by atoms with Crippen LogP contribution < -0.4 is 10.6 Å². The topological polar surface area (TPSA) is 58.2 Å². The number of aryl methyl sites for hydroxylation is 1. The molecular weight excluding hydrogens is 204 g/mol. The monoisotopic (exact) mass is 220 g/mol. The van der Waals surface area contributed by atoms with Crippen LogP contribution in [-0.4, -0.2) is 25.4 Å². The fraction of sp³-hybridized carbons (Fsp3) is 0.333. The fourth-order valence-corrected chi connectivity index (χ4v) is 1.28. The smallest absolute Gasteiger partial charge is 0.251 e. The first-order valence-corrected chi connectivity index (χ1v) is 5.25. The van der Waals surface area contributed by atoms with Gasteiger partial charge in [0.15, 0.2) is 0 Å². The van der Waals surface area contributed by atoms with Gasteiger partial charge in [0.2, 0.25) is 5.91 Å². The molecule has 1 aromatic rings.